The molecule has 124 valence electrons. The predicted octanol–water partition coefficient (Wildman–Crippen LogP) is 2.85. The number of halogens is 1. The minimum atomic E-state index is -2.04. The minimum absolute atomic E-state index is 0.0432. The second kappa shape index (κ2) is 6.82. The number of alkyl halides is 1. The summed E-state index contributed by atoms with van der Waals surface area (Å²) in [6.45, 7) is 13.9. The lowest BCUT2D eigenvalue weighted by molar-refractivity contribution is -0.231. The molecular formula is C14H27IO5Si. The highest BCUT2D eigenvalue weighted by Crippen LogP contribution is 2.40. The van der Waals surface area contributed by atoms with Gasteiger partial charge in [0.1, 0.15) is 10.0 Å². The van der Waals surface area contributed by atoms with Gasteiger partial charge in [-0.05, 0) is 25.1 Å². The van der Waals surface area contributed by atoms with Crippen LogP contribution in [0.25, 0.3) is 0 Å². The van der Waals surface area contributed by atoms with Gasteiger partial charge < -0.3 is 19.0 Å². The Kier molecular flexibility index (Phi) is 6.28. The van der Waals surface area contributed by atoms with E-state index in [0.717, 1.165) is 0 Å². The number of carbonyl (C=O) groups is 1. The van der Waals surface area contributed by atoms with Crippen LogP contribution in [0.3, 0.4) is 0 Å². The van der Waals surface area contributed by atoms with Gasteiger partial charge in [-0.2, -0.15) is 0 Å². The summed E-state index contributed by atoms with van der Waals surface area (Å²) in [6.07, 6.45) is -2.25. The molecule has 0 aromatic heterocycles. The second-order valence-corrected chi connectivity index (χ2v) is 13.3. The molecule has 1 rings (SSSR count). The van der Waals surface area contributed by atoms with Gasteiger partial charge in [-0.1, -0.05) is 43.4 Å². The number of hydrogen-bond acceptors (Lipinski definition) is 5. The van der Waals surface area contributed by atoms with Crippen LogP contribution >= 0.6 is 22.6 Å². The van der Waals surface area contributed by atoms with Gasteiger partial charge in [0, 0.05) is 6.92 Å². The van der Waals surface area contributed by atoms with Crippen LogP contribution < -0.4 is 0 Å². The maximum absolute atomic E-state index is 11.2. The summed E-state index contributed by atoms with van der Waals surface area (Å²) in [5, 5.41) is 10.5. The summed E-state index contributed by atoms with van der Waals surface area (Å²) in [6, 6.07) is 0. The Morgan fingerprint density at radius 1 is 1.33 bits per heavy atom. The molecule has 5 atom stereocenters. The van der Waals surface area contributed by atoms with Gasteiger partial charge in [-0.25, -0.2) is 0 Å². The largest absolute Gasteiger partial charge is 0.435 e. The number of hydrogen-bond donors (Lipinski definition) is 1. The van der Waals surface area contributed by atoms with Crippen molar-refractivity contribution in [2.24, 2.45) is 0 Å². The van der Waals surface area contributed by atoms with E-state index < -0.39 is 38.9 Å². The average molecular weight is 430 g/mol. The van der Waals surface area contributed by atoms with Gasteiger partial charge in [0.15, 0.2) is 8.32 Å². The van der Waals surface area contributed by atoms with Crippen LogP contribution in [0, 0.1) is 0 Å². The molecule has 21 heavy (non-hydrogen) atoms. The zero-order valence-electron chi connectivity index (χ0n) is 13.8. The zero-order valence-corrected chi connectivity index (χ0v) is 17.0. The number of aliphatic hydroxyl groups excluding tert-OH is 1. The number of carbonyl (C=O) groups excluding carboxylic acids is 1. The molecule has 1 heterocycles. The van der Waals surface area contributed by atoms with E-state index in [-0.39, 0.29) is 8.96 Å². The number of ether oxygens (including phenoxy) is 2. The molecule has 0 aromatic rings. The van der Waals surface area contributed by atoms with Crippen molar-refractivity contribution < 1.29 is 23.8 Å². The van der Waals surface area contributed by atoms with Crippen molar-refractivity contribution in [2.75, 3.05) is 0 Å². The minimum Gasteiger partial charge on any atom is -0.435 e. The Morgan fingerprint density at radius 2 is 1.86 bits per heavy atom. The summed E-state index contributed by atoms with van der Waals surface area (Å²) in [4.78, 5) is 11.2. The van der Waals surface area contributed by atoms with Crippen molar-refractivity contribution in [3.63, 3.8) is 0 Å². The fraction of sp³-hybridized carbons (Fsp3) is 0.929. The highest BCUT2D eigenvalue weighted by atomic mass is 127. The Labute approximate surface area is 142 Å². The summed E-state index contributed by atoms with van der Waals surface area (Å²) >= 11 is 2.14. The molecule has 1 N–H and O–H groups in total. The van der Waals surface area contributed by atoms with E-state index in [4.69, 9.17) is 13.9 Å². The van der Waals surface area contributed by atoms with Crippen LogP contribution in [0.4, 0.5) is 0 Å². The molecule has 0 saturated carbocycles. The highest BCUT2D eigenvalue weighted by Gasteiger charge is 2.49. The lowest BCUT2D eigenvalue weighted by Crippen LogP contribution is -2.60. The number of esters is 1. The third kappa shape index (κ3) is 4.63. The van der Waals surface area contributed by atoms with Crippen molar-refractivity contribution in [1.29, 1.82) is 0 Å². The van der Waals surface area contributed by atoms with Crippen molar-refractivity contribution in [3.05, 3.63) is 0 Å². The first-order chi connectivity index (χ1) is 9.36. The summed E-state index contributed by atoms with van der Waals surface area (Å²) < 4.78 is 16.9. The first kappa shape index (κ1) is 19.3. The normalized spacial score (nSPS) is 34.6. The number of rotatable bonds is 3. The lowest BCUT2D eigenvalue weighted by Gasteiger charge is -2.46. The Morgan fingerprint density at radius 3 is 2.29 bits per heavy atom. The van der Waals surface area contributed by atoms with Crippen LogP contribution in [0.5, 0.6) is 0 Å². The first-order valence-corrected chi connectivity index (χ1v) is 11.3. The van der Waals surface area contributed by atoms with Gasteiger partial charge in [0.05, 0.1) is 12.2 Å². The van der Waals surface area contributed by atoms with Crippen LogP contribution in [0.15, 0.2) is 0 Å². The highest BCUT2D eigenvalue weighted by molar-refractivity contribution is 14.1. The van der Waals surface area contributed by atoms with Gasteiger partial charge in [0.25, 0.3) is 0 Å². The number of aliphatic hydroxyl groups is 1. The van der Waals surface area contributed by atoms with E-state index in [2.05, 4.69) is 56.5 Å². The molecule has 0 spiro atoms. The monoisotopic (exact) mass is 430 g/mol. The van der Waals surface area contributed by atoms with Crippen molar-refractivity contribution >= 4 is 36.9 Å². The molecule has 1 fully saturated rings. The SMILES string of the molecule is CC(=O)O[C@@H]1O[C@@H](C)[C@H](O)[C@@H](O[Si](C)(C)C(C)(C)C)[C@H]1I. The van der Waals surface area contributed by atoms with E-state index in [9.17, 15) is 9.90 Å². The molecule has 1 aliphatic rings. The molecule has 0 bridgehead atoms. The van der Waals surface area contributed by atoms with Gasteiger partial charge in [0.2, 0.25) is 6.29 Å². The lowest BCUT2D eigenvalue weighted by atomic mass is 10.0. The van der Waals surface area contributed by atoms with Crippen LogP contribution in [-0.2, 0) is 18.7 Å². The third-order valence-corrected chi connectivity index (χ3v) is 10.0. The standard InChI is InChI=1S/C14H27IO5Si/c1-8-11(17)12(20-21(6,7)14(3,4)5)10(15)13(18-8)19-9(2)16/h8,10-13,17H,1-7H3/t8-,10+,11-,12-,13-/m0/s1. The molecular weight excluding hydrogens is 403 g/mol. The quantitative estimate of drug-likeness (QED) is 0.323. The Hall–Kier alpha value is 0.297. The fourth-order valence-electron chi connectivity index (χ4n) is 1.89. The van der Waals surface area contributed by atoms with E-state index >= 15 is 0 Å². The summed E-state index contributed by atoms with van der Waals surface area (Å²) in [5.41, 5.74) is 0. The second-order valence-electron chi connectivity index (χ2n) is 7.10. The van der Waals surface area contributed by atoms with Crippen molar-refractivity contribution in [3.8, 4) is 0 Å². The van der Waals surface area contributed by atoms with E-state index in [0.29, 0.717) is 0 Å². The zero-order chi connectivity index (χ0) is 16.6. The van der Waals surface area contributed by atoms with E-state index in [1.165, 1.54) is 6.92 Å². The summed E-state index contributed by atoms with van der Waals surface area (Å²) in [7, 11) is -2.04. The third-order valence-electron chi connectivity index (χ3n) is 4.26. The molecule has 0 amide bonds. The smallest absolute Gasteiger partial charge is 0.304 e. The van der Waals surface area contributed by atoms with Gasteiger partial charge in [-0.3, -0.25) is 4.79 Å². The van der Waals surface area contributed by atoms with Crippen molar-refractivity contribution in [1.82, 2.24) is 0 Å². The molecule has 0 aliphatic carbocycles. The molecule has 0 aromatic carbocycles. The van der Waals surface area contributed by atoms with Crippen LogP contribution in [-0.4, -0.2) is 47.9 Å². The van der Waals surface area contributed by atoms with Crippen molar-refractivity contribution in [2.45, 2.75) is 81.3 Å². The maximum atomic E-state index is 11.2. The van der Waals surface area contributed by atoms with Gasteiger partial charge in [-0.15, -0.1) is 0 Å². The predicted molar refractivity (Wildman–Crippen MR) is 92.0 cm³/mol. The van der Waals surface area contributed by atoms with Crippen LogP contribution in [0.1, 0.15) is 34.6 Å². The average Bonchev–Trinajstić information content (AvgIpc) is 2.29. The Bertz CT molecular complexity index is 382. The van der Waals surface area contributed by atoms with E-state index in [1.54, 1.807) is 6.92 Å². The van der Waals surface area contributed by atoms with E-state index in [1.807, 2.05) is 0 Å². The molecule has 1 aliphatic heterocycles. The maximum Gasteiger partial charge on any atom is 0.304 e. The fourth-order valence-corrected chi connectivity index (χ4v) is 4.37. The van der Waals surface area contributed by atoms with Crippen LogP contribution in [0.2, 0.25) is 18.1 Å². The molecule has 0 radical (unpaired) electrons. The molecule has 1 saturated heterocycles. The van der Waals surface area contributed by atoms with Gasteiger partial charge >= 0.3 is 5.97 Å². The molecule has 5 nitrogen and oxygen atoms in total. The molecule has 7 heteroatoms. The molecule has 0 unspecified atom stereocenters. The summed E-state index contributed by atoms with van der Waals surface area (Å²) in [5.74, 6) is -0.392. The topological polar surface area (TPSA) is 65.0 Å². The Balaban J connectivity index is 2.94. The first-order valence-electron chi connectivity index (χ1n) is 7.19.